The van der Waals surface area contributed by atoms with Gasteiger partial charge in [-0.2, -0.15) is 0 Å². The van der Waals surface area contributed by atoms with Crippen molar-refractivity contribution in [2.75, 3.05) is 13.1 Å². The van der Waals surface area contributed by atoms with Crippen molar-refractivity contribution in [3.05, 3.63) is 21.3 Å². The van der Waals surface area contributed by atoms with E-state index < -0.39 is 0 Å². The highest BCUT2D eigenvalue weighted by molar-refractivity contribution is 7.16. The van der Waals surface area contributed by atoms with Crippen molar-refractivity contribution >= 4 is 22.9 Å². The molecule has 5 heteroatoms. The molecule has 2 N–H and O–H groups in total. The van der Waals surface area contributed by atoms with Crippen LogP contribution in [0.3, 0.4) is 0 Å². The first-order chi connectivity index (χ1) is 9.63. The number of ether oxygens (including phenoxy) is 1. The number of thiophene rings is 1. The first-order valence-corrected chi connectivity index (χ1v) is 8.78. The van der Waals surface area contributed by atoms with E-state index in [9.17, 15) is 0 Å². The molecule has 0 aliphatic carbocycles. The molecule has 0 saturated carbocycles. The summed E-state index contributed by atoms with van der Waals surface area (Å²) in [7, 11) is 0. The molecule has 1 aliphatic rings. The Bertz CT molecular complexity index is 470. The van der Waals surface area contributed by atoms with Crippen LogP contribution in [0.4, 0.5) is 0 Å². The van der Waals surface area contributed by atoms with Crippen LogP contribution in [0.25, 0.3) is 0 Å². The van der Waals surface area contributed by atoms with Gasteiger partial charge in [0.25, 0.3) is 0 Å². The number of rotatable bonds is 4. The first-order valence-electron chi connectivity index (χ1n) is 7.58. The van der Waals surface area contributed by atoms with Crippen molar-refractivity contribution in [2.24, 2.45) is 5.73 Å². The maximum atomic E-state index is 6.45. The first kappa shape index (κ1) is 17.2. The van der Waals surface area contributed by atoms with Gasteiger partial charge in [0.15, 0.2) is 0 Å². The summed E-state index contributed by atoms with van der Waals surface area (Å²) in [6.45, 7) is 12.5. The number of morpholine rings is 1. The standard InChI is InChI=1S/C16H27ClN2OS/c1-6-11(18)14(12-7-8-13(17)21-12)19-9-15(2,3)20-16(4,5)10-19/h7-8,11,14H,6,9-10,18H2,1-5H3. The smallest absolute Gasteiger partial charge is 0.0931 e. The maximum absolute atomic E-state index is 6.45. The summed E-state index contributed by atoms with van der Waals surface area (Å²) >= 11 is 7.77. The van der Waals surface area contributed by atoms with Crippen LogP contribution in [0.2, 0.25) is 4.34 Å². The van der Waals surface area contributed by atoms with Gasteiger partial charge in [0.2, 0.25) is 0 Å². The molecule has 0 radical (unpaired) electrons. The molecule has 120 valence electrons. The summed E-state index contributed by atoms with van der Waals surface area (Å²) in [6.07, 6.45) is 0.943. The molecular formula is C16H27ClN2OS. The van der Waals surface area contributed by atoms with Gasteiger partial charge in [-0.25, -0.2) is 0 Å². The lowest BCUT2D eigenvalue weighted by Gasteiger charge is -2.50. The molecule has 0 spiro atoms. The minimum absolute atomic E-state index is 0.101. The molecule has 1 aliphatic heterocycles. The van der Waals surface area contributed by atoms with E-state index in [1.165, 1.54) is 4.88 Å². The third-order valence-electron chi connectivity index (χ3n) is 3.88. The van der Waals surface area contributed by atoms with Crippen molar-refractivity contribution in [3.63, 3.8) is 0 Å². The summed E-state index contributed by atoms with van der Waals surface area (Å²) in [5.41, 5.74) is 6.10. The quantitative estimate of drug-likeness (QED) is 0.904. The van der Waals surface area contributed by atoms with Crippen LogP contribution in [0.15, 0.2) is 12.1 Å². The summed E-state index contributed by atoms with van der Waals surface area (Å²) in [5.74, 6) is 0. The zero-order valence-electron chi connectivity index (χ0n) is 13.6. The predicted octanol–water partition coefficient (Wildman–Crippen LogP) is 4.07. The van der Waals surface area contributed by atoms with Crippen LogP contribution in [0.5, 0.6) is 0 Å². The largest absolute Gasteiger partial charge is 0.367 e. The average molecular weight is 331 g/mol. The van der Waals surface area contributed by atoms with Crippen molar-refractivity contribution in [1.82, 2.24) is 4.90 Å². The van der Waals surface area contributed by atoms with Crippen molar-refractivity contribution in [3.8, 4) is 0 Å². The Morgan fingerprint density at radius 3 is 2.29 bits per heavy atom. The van der Waals surface area contributed by atoms with Gasteiger partial charge < -0.3 is 10.5 Å². The third kappa shape index (κ3) is 4.20. The summed E-state index contributed by atoms with van der Waals surface area (Å²) in [4.78, 5) is 3.72. The van der Waals surface area contributed by atoms with E-state index in [-0.39, 0.29) is 23.3 Å². The van der Waals surface area contributed by atoms with Gasteiger partial charge >= 0.3 is 0 Å². The molecule has 0 aromatic carbocycles. The van der Waals surface area contributed by atoms with Crippen molar-refractivity contribution < 1.29 is 4.74 Å². The Kier molecular flexibility index (Phi) is 5.06. The highest BCUT2D eigenvalue weighted by atomic mass is 35.5. The van der Waals surface area contributed by atoms with Gasteiger partial charge in [0.05, 0.1) is 21.6 Å². The molecule has 1 fully saturated rings. The molecule has 21 heavy (non-hydrogen) atoms. The van der Waals surface area contributed by atoms with Gasteiger partial charge in [-0.05, 0) is 46.2 Å². The van der Waals surface area contributed by atoms with Gasteiger partial charge in [-0.15, -0.1) is 11.3 Å². The second-order valence-electron chi connectivity index (χ2n) is 7.19. The normalized spacial score (nSPS) is 24.7. The van der Waals surface area contributed by atoms with Crippen LogP contribution in [0, 0.1) is 0 Å². The molecule has 2 atom stereocenters. The van der Waals surface area contributed by atoms with E-state index in [4.69, 9.17) is 22.1 Å². The fraction of sp³-hybridized carbons (Fsp3) is 0.750. The SMILES string of the molecule is CCC(N)C(c1ccc(Cl)s1)N1CC(C)(C)OC(C)(C)C1. The zero-order valence-corrected chi connectivity index (χ0v) is 15.2. The van der Waals surface area contributed by atoms with E-state index in [1.807, 2.05) is 6.07 Å². The van der Waals surface area contributed by atoms with E-state index >= 15 is 0 Å². The van der Waals surface area contributed by atoms with E-state index in [0.717, 1.165) is 23.8 Å². The van der Waals surface area contributed by atoms with Crippen molar-refractivity contribution in [2.45, 2.75) is 64.3 Å². The number of hydrogen-bond donors (Lipinski definition) is 1. The average Bonchev–Trinajstić information content (AvgIpc) is 2.71. The Labute approximate surface area is 137 Å². The zero-order chi connectivity index (χ0) is 15.8. The monoisotopic (exact) mass is 330 g/mol. The molecule has 1 aromatic heterocycles. The molecule has 2 rings (SSSR count). The number of nitrogens with zero attached hydrogens (tertiary/aromatic N) is 1. The Balaban J connectivity index is 2.32. The molecule has 3 nitrogen and oxygen atoms in total. The molecule has 2 heterocycles. The highest BCUT2D eigenvalue weighted by Crippen LogP contribution is 2.38. The molecule has 0 amide bonds. The summed E-state index contributed by atoms with van der Waals surface area (Å²) < 4.78 is 7.02. The topological polar surface area (TPSA) is 38.5 Å². The Hall–Kier alpha value is -0.130. The lowest BCUT2D eigenvalue weighted by Crippen LogP contribution is -2.59. The Morgan fingerprint density at radius 1 is 1.29 bits per heavy atom. The minimum atomic E-state index is -0.172. The predicted molar refractivity (Wildman–Crippen MR) is 91.2 cm³/mol. The number of halogens is 1. The second-order valence-corrected chi connectivity index (χ2v) is 8.93. The molecule has 1 aromatic rings. The van der Waals surface area contributed by atoms with Crippen LogP contribution < -0.4 is 5.73 Å². The van der Waals surface area contributed by atoms with E-state index in [2.05, 4.69) is 45.6 Å². The summed E-state index contributed by atoms with van der Waals surface area (Å²) in [6, 6.07) is 4.38. The summed E-state index contributed by atoms with van der Waals surface area (Å²) in [5, 5.41) is 0. The molecule has 2 unspecified atom stereocenters. The van der Waals surface area contributed by atoms with E-state index in [0.29, 0.717) is 0 Å². The van der Waals surface area contributed by atoms with Crippen LogP contribution in [-0.2, 0) is 4.74 Å². The minimum Gasteiger partial charge on any atom is -0.367 e. The highest BCUT2D eigenvalue weighted by Gasteiger charge is 2.42. The fourth-order valence-electron chi connectivity index (χ4n) is 3.42. The van der Waals surface area contributed by atoms with Crippen LogP contribution in [-0.4, -0.2) is 35.2 Å². The van der Waals surface area contributed by atoms with Crippen LogP contribution in [0.1, 0.15) is 52.0 Å². The lowest BCUT2D eigenvalue weighted by atomic mass is 9.94. The van der Waals surface area contributed by atoms with E-state index in [1.54, 1.807) is 11.3 Å². The molecular weight excluding hydrogens is 304 g/mol. The van der Waals surface area contributed by atoms with Crippen molar-refractivity contribution in [1.29, 1.82) is 0 Å². The van der Waals surface area contributed by atoms with Gasteiger partial charge in [-0.1, -0.05) is 18.5 Å². The fourth-order valence-corrected chi connectivity index (χ4v) is 4.69. The van der Waals surface area contributed by atoms with Crippen LogP contribution >= 0.6 is 22.9 Å². The number of nitrogens with two attached hydrogens (primary N) is 1. The lowest BCUT2D eigenvalue weighted by molar-refractivity contribution is -0.189. The number of hydrogen-bond acceptors (Lipinski definition) is 4. The second kappa shape index (κ2) is 6.17. The third-order valence-corrected chi connectivity index (χ3v) is 5.18. The van der Waals surface area contributed by atoms with Gasteiger partial charge in [0, 0.05) is 24.0 Å². The Morgan fingerprint density at radius 2 is 1.86 bits per heavy atom. The van der Waals surface area contributed by atoms with Gasteiger partial charge in [-0.3, -0.25) is 4.90 Å². The van der Waals surface area contributed by atoms with Gasteiger partial charge in [0.1, 0.15) is 0 Å². The molecule has 0 bridgehead atoms. The maximum Gasteiger partial charge on any atom is 0.0931 e. The molecule has 1 saturated heterocycles.